The van der Waals surface area contributed by atoms with Crippen molar-refractivity contribution in [2.75, 3.05) is 7.11 Å². The lowest BCUT2D eigenvalue weighted by molar-refractivity contribution is -0.140. The molecule has 0 radical (unpaired) electrons. The summed E-state index contributed by atoms with van der Waals surface area (Å²) in [5.74, 6) is -1.18. The Bertz CT molecular complexity index is 644. The lowest BCUT2D eigenvalue weighted by atomic mass is 9.98. The first kappa shape index (κ1) is 14.8. The Labute approximate surface area is 123 Å². The maximum Gasteiger partial charge on any atom is 0.336 e. The number of carboxylic acids is 1. The van der Waals surface area contributed by atoms with Gasteiger partial charge >= 0.3 is 11.9 Å². The number of hydrogen-bond acceptors (Lipinski definition) is 3. The van der Waals surface area contributed by atoms with Gasteiger partial charge in [-0.3, -0.25) is 4.79 Å². The van der Waals surface area contributed by atoms with Crippen LogP contribution in [0.2, 0.25) is 0 Å². The number of carboxylic acid groups (broad SMARTS) is 1. The normalized spacial score (nSPS) is 10.1. The zero-order valence-corrected chi connectivity index (χ0v) is 11.7. The molecule has 0 amide bonds. The van der Waals surface area contributed by atoms with Gasteiger partial charge < -0.3 is 9.84 Å². The van der Waals surface area contributed by atoms with E-state index in [2.05, 4.69) is 4.74 Å². The molecule has 0 heterocycles. The Morgan fingerprint density at radius 1 is 1.05 bits per heavy atom. The summed E-state index contributed by atoms with van der Waals surface area (Å²) in [5.41, 5.74) is 2.82. The van der Waals surface area contributed by atoms with Gasteiger partial charge in [-0.2, -0.15) is 0 Å². The number of benzene rings is 2. The first-order valence-electron chi connectivity index (χ1n) is 6.60. The summed E-state index contributed by atoms with van der Waals surface area (Å²) in [6.45, 7) is 0. The van der Waals surface area contributed by atoms with Crippen LogP contribution in [0, 0.1) is 0 Å². The van der Waals surface area contributed by atoms with Gasteiger partial charge in [0.25, 0.3) is 0 Å². The lowest BCUT2D eigenvalue weighted by Crippen LogP contribution is -2.02. The third kappa shape index (κ3) is 3.69. The van der Waals surface area contributed by atoms with E-state index in [-0.39, 0.29) is 11.5 Å². The van der Waals surface area contributed by atoms with Crippen LogP contribution in [0.3, 0.4) is 0 Å². The highest BCUT2D eigenvalue weighted by atomic mass is 16.5. The summed E-state index contributed by atoms with van der Waals surface area (Å²) >= 11 is 0. The molecule has 4 heteroatoms. The number of hydrogen-bond donors (Lipinski definition) is 1. The van der Waals surface area contributed by atoms with Gasteiger partial charge in [-0.05, 0) is 29.2 Å². The second kappa shape index (κ2) is 6.70. The Morgan fingerprint density at radius 3 is 2.33 bits per heavy atom. The quantitative estimate of drug-likeness (QED) is 0.857. The highest BCUT2D eigenvalue weighted by Gasteiger charge is 2.10. The second-order valence-electron chi connectivity index (χ2n) is 4.62. The standard InChI is InChI=1S/C17H16O4/c1-21-16(18)11-8-12-6-9-13(10-7-12)14-4-2-3-5-15(14)17(19)20/h2-7,9-10H,8,11H2,1H3,(H,19,20). The van der Waals surface area contributed by atoms with Crippen LogP contribution in [0.5, 0.6) is 0 Å². The Morgan fingerprint density at radius 2 is 1.71 bits per heavy atom. The lowest BCUT2D eigenvalue weighted by Gasteiger charge is -2.07. The number of methoxy groups -OCH3 is 1. The molecule has 1 N–H and O–H groups in total. The predicted molar refractivity (Wildman–Crippen MR) is 79.2 cm³/mol. The van der Waals surface area contributed by atoms with E-state index >= 15 is 0 Å². The highest BCUT2D eigenvalue weighted by Crippen LogP contribution is 2.24. The molecule has 0 aliphatic heterocycles. The van der Waals surface area contributed by atoms with Crippen LogP contribution in [-0.4, -0.2) is 24.2 Å². The van der Waals surface area contributed by atoms with E-state index in [1.807, 2.05) is 30.3 Å². The van der Waals surface area contributed by atoms with Gasteiger partial charge in [-0.15, -0.1) is 0 Å². The van der Waals surface area contributed by atoms with Gasteiger partial charge in [-0.25, -0.2) is 4.79 Å². The van der Waals surface area contributed by atoms with Crippen LogP contribution in [0.4, 0.5) is 0 Å². The number of carbonyl (C=O) groups excluding carboxylic acids is 1. The van der Waals surface area contributed by atoms with Crippen molar-refractivity contribution in [1.82, 2.24) is 0 Å². The van der Waals surface area contributed by atoms with Crippen LogP contribution in [-0.2, 0) is 16.0 Å². The fraction of sp³-hybridized carbons (Fsp3) is 0.176. The van der Waals surface area contributed by atoms with Crippen molar-refractivity contribution >= 4 is 11.9 Å². The first-order chi connectivity index (χ1) is 10.1. The van der Waals surface area contributed by atoms with E-state index < -0.39 is 5.97 Å². The van der Waals surface area contributed by atoms with Gasteiger partial charge in [-0.1, -0.05) is 42.5 Å². The third-order valence-corrected chi connectivity index (χ3v) is 3.27. The molecular weight excluding hydrogens is 268 g/mol. The molecule has 0 bridgehead atoms. The van der Waals surface area contributed by atoms with Crippen LogP contribution < -0.4 is 0 Å². The van der Waals surface area contributed by atoms with E-state index in [0.717, 1.165) is 11.1 Å². The van der Waals surface area contributed by atoms with Crippen LogP contribution >= 0.6 is 0 Å². The smallest absolute Gasteiger partial charge is 0.336 e. The minimum absolute atomic E-state index is 0.240. The van der Waals surface area contributed by atoms with Crippen molar-refractivity contribution in [1.29, 1.82) is 0 Å². The minimum atomic E-state index is -0.944. The zero-order valence-electron chi connectivity index (χ0n) is 11.7. The van der Waals surface area contributed by atoms with E-state index in [1.165, 1.54) is 7.11 Å². The fourth-order valence-electron chi connectivity index (χ4n) is 2.12. The third-order valence-electron chi connectivity index (χ3n) is 3.27. The molecule has 0 saturated carbocycles. The van der Waals surface area contributed by atoms with Gasteiger partial charge in [0, 0.05) is 6.42 Å². The highest BCUT2D eigenvalue weighted by molar-refractivity contribution is 5.95. The predicted octanol–water partition coefficient (Wildman–Crippen LogP) is 3.16. The van der Waals surface area contributed by atoms with Crippen LogP contribution in [0.15, 0.2) is 48.5 Å². The molecule has 0 aromatic heterocycles. The maximum atomic E-state index is 11.2. The summed E-state index contributed by atoms with van der Waals surface area (Å²) in [6.07, 6.45) is 0.940. The van der Waals surface area contributed by atoms with Crippen molar-refractivity contribution in [3.63, 3.8) is 0 Å². The number of esters is 1. The van der Waals surface area contributed by atoms with Crippen molar-refractivity contribution in [3.05, 3.63) is 59.7 Å². The molecule has 0 aliphatic rings. The maximum absolute atomic E-state index is 11.2. The molecule has 2 aromatic carbocycles. The van der Waals surface area contributed by atoms with E-state index in [9.17, 15) is 14.7 Å². The largest absolute Gasteiger partial charge is 0.478 e. The Hall–Kier alpha value is -2.62. The molecule has 0 aliphatic carbocycles. The molecule has 108 valence electrons. The molecule has 0 fully saturated rings. The molecular formula is C17H16O4. The number of aryl methyl sites for hydroxylation is 1. The SMILES string of the molecule is COC(=O)CCc1ccc(-c2ccccc2C(=O)O)cc1. The fourth-order valence-corrected chi connectivity index (χ4v) is 2.12. The van der Waals surface area contributed by atoms with Crippen molar-refractivity contribution in [2.24, 2.45) is 0 Å². The second-order valence-corrected chi connectivity index (χ2v) is 4.62. The summed E-state index contributed by atoms with van der Waals surface area (Å²) in [6, 6.07) is 14.4. The summed E-state index contributed by atoms with van der Waals surface area (Å²) in [4.78, 5) is 22.3. The van der Waals surface area contributed by atoms with Crippen LogP contribution in [0.25, 0.3) is 11.1 Å². The Balaban J connectivity index is 2.19. The Kier molecular flexibility index (Phi) is 4.72. The minimum Gasteiger partial charge on any atom is -0.478 e. The van der Waals surface area contributed by atoms with Gasteiger partial charge in [0.15, 0.2) is 0 Å². The van der Waals surface area contributed by atoms with Gasteiger partial charge in [0.05, 0.1) is 12.7 Å². The molecule has 2 aromatic rings. The average Bonchev–Trinajstić information content (AvgIpc) is 2.53. The molecule has 0 atom stereocenters. The molecule has 0 saturated heterocycles. The topological polar surface area (TPSA) is 63.6 Å². The summed E-state index contributed by atoms with van der Waals surface area (Å²) in [7, 11) is 1.37. The van der Waals surface area contributed by atoms with E-state index in [0.29, 0.717) is 18.4 Å². The molecule has 4 nitrogen and oxygen atoms in total. The number of ether oxygens (including phenoxy) is 1. The molecule has 0 unspecified atom stereocenters. The first-order valence-corrected chi connectivity index (χ1v) is 6.60. The van der Waals surface area contributed by atoms with Crippen molar-refractivity contribution in [3.8, 4) is 11.1 Å². The van der Waals surface area contributed by atoms with Gasteiger partial charge in [0.1, 0.15) is 0 Å². The monoisotopic (exact) mass is 284 g/mol. The molecule has 0 spiro atoms. The van der Waals surface area contributed by atoms with E-state index in [4.69, 9.17) is 0 Å². The summed E-state index contributed by atoms with van der Waals surface area (Å²) in [5, 5.41) is 9.20. The zero-order chi connectivity index (χ0) is 15.2. The van der Waals surface area contributed by atoms with Crippen molar-refractivity contribution < 1.29 is 19.4 Å². The number of rotatable bonds is 5. The van der Waals surface area contributed by atoms with Crippen LogP contribution in [0.1, 0.15) is 22.3 Å². The van der Waals surface area contributed by atoms with Crippen molar-refractivity contribution in [2.45, 2.75) is 12.8 Å². The molecule has 2 rings (SSSR count). The van der Waals surface area contributed by atoms with Gasteiger partial charge in [0.2, 0.25) is 0 Å². The number of aromatic carboxylic acids is 1. The average molecular weight is 284 g/mol. The number of carbonyl (C=O) groups is 2. The van der Waals surface area contributed by atoms with E-state index in [1.54, 1.807) is 18.2 Å². The summed E-state index contributed by atoms with van der Waals surface area (Å²) < 4.78 is 4.60. The molecule has 21 heavy (non-hydrogen) atoms.